The number of hydrogen-bond acceptors (Lipinski definition) is 4. The van der Waals surface area contributed by atoms with Gasteiger partial charge in [0.25, 0.3) is 0 Å². The molecular weight excluding hydrogens is 437 g/mol. The zero-order valence-electron chi connectivity index (χ0n) is 19.0. The van der Waals surface area contributed by atoms with Crippen molar-refractivity contribution in [3.05, 3.63) is 70.0 Å². The maximum absolute atomic E-state index is 15.2. The minimum absolute atomic E-state index is 0.0881. The number of ether oxygens (including phenoxy) is 1. The molecule has 2 heterocycles. The van der Waals surface area contributed by atoms with Gasteiger partial charge in [-0.3, -0.25) is 4.79 Å². The molecule has 0 unspecified atom stereocenters. The van der Waals surface area contributed by atoms with E-state index < -0.39 is 5.97 Å². The van der Waals surface area contributed by atoms with Gasteiger partial charge < -0.3 is 14.1 Å². The highest BCUT2D eigenvalue weighted by atomic mass is 32.2. The molecule has 0 bridgehead atoms. The standard InChI is InChI=1S/C27H26FNO3S/c1-15-20(13-23(30)31)24(18-9-10-22-17(12-18)7-5-11-32-22)16(2)25-26-19(6-4-8-21(26)28)14-29(33-3)27(15)25/h4,6,8-10,12H,5,7,11,13-14H2,1-3H3,(H,30,31). The first-order valence-electron chi connectivity index (χ1n) is 11.1. The van der Waals surface area contributed by atoms with Crippen LogP contribution in [0.3, 0.4) is 0 Å². The predicted octanol–water partition coefficient (Wildman–Crippen LogP) is 6.33. The highest BCUT2D eigenvalue weighted by Crippen LogP contribution is 2.51. The quantitative estimate of drug-likeness (QED) is 0.459. The van der Waals surface area contributed by atoms with E-state index >= 15 is 4.39 Å². The molecule has 3 aromatic carbocycles. The third-order valence-electron chi connectivity index (χ3n) is 6.76. The number of rotatable bonds is 4. The van der Waals surface area contributed by atoms with Crippen molar-refractivity contribution in [1.29, 1.82) is 0 Å². The van der Waals surface area contributed by atoms with Crippen LogP contribution in [-0.2, 0) is 24.2 Å². The molecule has 0 aromatic heterocycles. The molecule has 33 heavy (non-hydrogen) atoms. The van der Waals surface area contributed by atoms with Gasteiger partial charge in [-0.15, -0.1) is 0 Å². The van der Waals surface area contributed by atoms with Crippen LogP contribution in [-0.4, -0.2) is 23.9 Å². The van der Waals surface area contributed by atoms with E-state index in [-0.39, 0.29) is 12.2 Å². The third-order valence-corrected chi connectivity index (χ3v) is 7.51. The van der Waals surface area contributed by atoms with Crippen LogP contribution in [0.1, 0.15) is 34.2 Å². The zero-order valence-corrected chi connectivity index (χ0v) is 19.8. The first-order valence-corrected chi connectivity index (χ1v) is 12.3. The highest BCUT2D eigenvalue weighted by Gasteiger charge is 2.32. The van der Waals surface area contributed by atoms with Crippen molar-refractivity contribution in [3.8, 4) is 28.0 Å². The van der Waals surface area contributed by atoms with E-state index in [9.17, 15) is 9.90 Å². The number of carboxylic acid groups (broad SMARTS) is 1. The Hall–Kier alpha value is -2.99. The summed E-state index contributed by atoms with van der Waals surface area (Å²) in [4.78, 5) is 11.9. The maximum Gasteiger partial charge on any atom is 0.307 e. The molecule has 4 nitrogen and oxygen atoms in total. The molecule has 0 radical (unpaired) electrons. The first-order chi connectivity index (χ1) is 15.9. The normalized spacial score (nSPS) is 14.2. The molecule has 1 N–H and O–H groups in total. The predicted molar refractivity (Wildman–Crippen MR) is 132 cm³/mol. The Balaban J connectivity index is 1.85. The van der Waals surface area contributed by atoms with Gasteiger partial charge in [-0.1, -0.05) is 30.1 Å². The zero-order chi connectivity index (χ0) is 23.3. The summed E-state index contributed by atoms with van der Waals surface area (Å²) >= 11 is 1.58. The second kappa shape index (κ2) is 8.41. The van der Waals surface area contributed by atoms with Crippen molar-refractivity contribution in [2.45, 2.75) is 39.7 Å². The fourth-order valence-corrected chi connectivity index (χ4v) is 5.99. The van der Waals surface area contributed by atoms with Crippen LogP contribution >= 0.6 is 11.9 Å². The number of aryl methyl sites for hydroxylation is 1. The Labute approximate surface area is 197 Å². The van der Waals surface area contributed by atoms with Gasteiger partial charge in [-0.25, -0.2) is 4.39 Å². The first kappa shape index (κ1) is 21.8. The van der Waals surface area contributed by atoms with Crippen LogP contribution in [0.5, 0.6) is 5.75 Å². The minimum atomic E-state index is -0.877. The van der Waals surface area contributed by atoms with E-state index in [1.807, 2.05) is 38.3 Å². The monoisotopic (exact) mass is 463 g/mol. The number of halogens is 1. The Bertz CT molecular complexity index is 1290. The van der Waals surface area contributed by atoms with E-state index in [0.717, 1.165) is 68.8 Å². The SMILES string of the molecule is CSN1Cc2cccc(F)c2-c2c(C)c(-c3ccc4c(c3)CCCO4)c(CC(=O)O)c(C)c21. The van der Waals surface area contributed by atoms with Gasteiger partial charge in [0.05, 0.1) is 25.3 Å². The van der Waals surface area contributed by atoms with Crippen molar-refractivity contribution >= 4 is 23.6 Å². The molecule has 170 valence electrons. The summed E-state index contributed by atoms with van der Waals surface area (Å²) < 4.78 is 23.2. The van der Waals surface area contributed by atoms with Crippen molar-refractivity contribution < 1.29 is 19.0 Å². The largest absolute Gasteiger partial charge is 0.493 e. The molecule has 0 fully saturated rings. The molecule has 0 saturated carbocycles. The molecule has 0 amide bonds. The topological polar surface area (TPSA) is 49.8 Å². The molecular formula is C27H26FNO3S. The maximum atomic E-state index is 15.2. The van der Waals surface area contributed by atoms with Gasteiger partial charge in [0.15, 0.2) is 0 Å². The smallest absolute Gasteiger partial charge is 0.307 e. The Morgan fingerprint density at radius 2 is 1.94 bits per heavy atom. The molecule has 0 saturated heterocycles. The minimum Gasteiger partial charge on any atom is -0.493 e. The molecule has 0 spiro atoms. The van der Waals surface area contributed by atoms with Crippen LogP contribution in [0.2, 0.25) is 0 Å². The van der Waals surface area contributed by atoms with Gasteiger partial charge in [0.1, 0.15) is 11.6 Å². The summed E-state index contributed by atoms with van der Waals surface area (Å²) in [6.07, 6.45) is 3.80. The van der Waals surface area contributed by atoms with Crippen molar-refractivity contribution in [1.82, 2.24) is 0 Å². The molecule has 3 aromatic rings. The van der Waals surface area contributed by atoms with E-state index in [1.54, 1.807) is 18.0 Å². The summed E-state index contributed by atoms with van der Waals surface area (Å²) in [5.74, 6) is -0.229. The van der Waals surface area contributed by atoms with Crippen molar-refractivity contribution in [3.63, 3.8) is 0 Å². The summed E-state index contributed by atoms with van der Waals surface area (Å²) in [5.41, 5.74) is 8.91. The van der Waals surface area contributed by atoms with Gasteiger partial charge in [0.2, 0.25) is 0 Å². The number of nitrogens with zero attached hydrogens (tertiary/aromatic N) is 1. The number of carbonyl (C=O) groups is 1. The number of fused-ring (bicyclic) bond motifs is 4. The number of benzene rings is 3. The summed E-state index contributed by atoms with van der Waals surface area (Å²) in [6.45, 7) is 5.25. The second-order valence-electron chi connectivity index (χ2n) is 8.67. The molecule has 2 aliphatic heterocycles. The van der Waals surface area contributed by atoms with E-state index in [2.05, 4.69) is 10.4 Å². The second-order valence-corrected chi connectivity index (χ2v) is 9.47. The van der Waals surface area contributed by atoms with Crippen LogP contribution in [0.25, 0.3) is 22.3 Å². The van der Waals surface area contributed by atoms with Gasteiger partial charge in [-0.05, 0) is 83.8 Å². The molecule has 5 rings (SSSR count). The van der Waals surface area contributed by atoms with E-state index in [0.29, 0.717) is 18.7 Å². The molecule has 6 heteroatoms. The van der Waals surface area contributed by atoms with Gasteiger partial charge in [0, 0.05) is 17.4 Å². The third kappa shape index (κ3) is 3.57. The number of anilines is 1. The summed E-state index contributed by atoms with van der Waals surface area (Å²) in [5, 5.41) is 9.78. The molecule has 0 aliphatic carbocycles. The Morgan fingerprint density at radius 1 is 1.12 bits per heavy atom. The van der Waals surface area contributed by atoms with Crippen LogP contribution in [0, 0.1) is 19.7 Å². The van der Waals surface area contributed by atoms with Crippen LogP contribution in [0.4, 0.5) is 10.1 Å². The van der Waals surface area contributed by atoms with Crippen molar-refractivity contribution in [2.24, 2.45) is 0 Å². The summed E-state index contributed by atoms with van der Waals surface area (Å²) in [7, 11) is 0. The van der Waals surface area contributed by atoms with Gasteiger partial charge in [-0.2, -0.15) is 0 Å². The summed E-state index contributed by atoms with van der Waals surface area (Å²) in [6, 6.07) is 11.3. The molecule has 0 atom stereocenters. The molecule has 2 aliphatic rings. The van der Waals surface area contributed by atoms with Crippen LogP contribution < -0.4 is 9.04 Å². The number of aliphatic carboxylic acids is 1. The van der Waals surface area contributed by atoms with E-state index in [1.165, 1.54) is 6.07 Å². The number of carboxylic acids is 1. The average Bonchev–Trinajstić information content (AvgIpc) is 2.81. The lowest BCUT2D eigenvalue weighted by Crippen LogP contribution is -2.23. The fraction of sp³-hybridized carbons (Fsp3) is 0.296. The average molecular weight is 464 g/mol. The number of hydrogen-bond donors (Lipinski definition) is 1. The van der Waals surface area contributed by atoms with Crippen LogP contribution in [0.15, 0.2) is 36.4 Å². The van der Waals surface area contributed by atoms with E-state index in [4.69, 9.17) is 4.74 Å². The van der Waals surface area contributed by atoms with Gasteiger partial charge >= 0.3 is 5.97 Å². The fourth-order valence-electron chi connectivity index (χ4n) is 5.31. The lowest BCUT2D eigenvalue weighted by Gasteiger charge is -2.36. The highest BCUT2D eigenvalue weighted by molar-refractivity contribution is 7.99. The lowest BCUT2D eigenvalue weighted by atomic mass is 9.80. The Morgan fingerprint density at radius 3 is 2.70 bits per heavy atom. The lowest BCUT2D eigenvalue weighted by molar-refractivity contribution is -0.136. The Kier molecular flexibility index (Phi) is 5.57. The van der Waals surface area contributed by atoms with Crippen molar-refractivity contribution in [2.75, 3.05) is 17.2 Å².